The third-order valence-corrected chi connectivity index (χ3v) is 3.20. The zero-order valence-corrected chi connectivity index (χ0v) is 9.58. The first-order valence-corrected chi connectivity index (χ1v) is 5.93. The summed E-state index contributed by atoms with van der Waals surface area (Å²) in [6.45, 7) is 0.668. The molecule has 0 saturated carbocycles. The highest BCUT2D eigenvalue weighted by molar-refractivity contribution is 5.68. The topological polar surface area (TPSA) is 23.5 Å². The van der Waals surface area contributed by atoms with Gasteiger partial charge in [0.15, 0.2) is 0 Å². The van der Waals surface area contributed by atoms with Crippen LogP contribution < -0.4 is 4.90 Å². The minimum absolute atomic E-state index is 0.287. The summed E-state index contributed by atoms with van der Waals surface area (Å²) < 4.78 is 0. The van der Waals surface area contributed by atoms with Crippen molar-refractivity contribution in [3.8, 4) is 0 Å². The summed E-state index contributed by atoms with van der Waals surface area (Å²) in [6.07, 6.45) is 0.463. The third kappa shape index (κ3) is 1.92. The fraction of sp³-hybridized carbons (Fsp3) is 0.200. The van der Waals surface area contributed by atoms with E-state index in [4.69, 9.17) is 0 Å². The minimum atomic E-state index is -0.287. The van der Waals surface area contributed by atoms with E-state index in [9.17, 15) is 5.11 Å². The fourth-order valence-electron chi connectivity index (χ4n) is 2.43. The summed E-state index contributed by atoms with van der Waals surface area (Å²) in [5.41, 5.74) is 3.57. The summed E-state index contributed by atoms with van der Waals surface area (Å²) in [6, 6.07) is 18.5. The number of hydrogen-bond donors (Lipinski definition) is 1. The van der Waals surface area contributed by atoms with Crippen LogP contribution in [0.4, 0.5) is 11.4 Å². The third-order valence-electron chi connectivity index (χ3n) is 3.20. The molecule has 1 atom stereocenters. The highest BCUT2D eigenvalue weighted by Gasteiger charge is 2.23. The van der Waals surface area contributed by atoms with Gasteiger partial charge in [-0.1, -0.05) is 36.4 Å². The Morgan fingerprint density at radius 2 is 1.65 bits per heavy atom. The van der Waals surface area contributed by atoms with Crippen LogP contribution >= 0.6 is 0 Å². The van der Waals surface area contributed by atoms with Crippen molar-refractivity contribution in [3.63, 3.8) is 0 Å². The van der Waals surface area contributed by atoms with Crippen molar-refractivity contribution in [2.45, 2.75) is 12.5 Å². The van der Waals surface area contributed by atoms with Crippen molar-refractivity contribution in [2.75, 3.05) is 11.4 Å². The Labute approximate surface area is 101 Å². The van der Waals surface area contributed by atoms with E-state index in [0.29, 0.717) is 6.54 Å². The van der Waals surface area contributed by atoms with Crippen LogP contribution in [-0.2, 0) is 6.42 Å². The zero-order chi connectivity index (χ0) is 11.7. The summed E-state index contributed by atoms with van der Waals surface area (Å²) in [7, 11) is 0. The Hall–Kier alpha value is -1.80. The normalized spacial score (nSPS) is 18.9. The Morgan fingerprint density at radius 1 is 0.941 bits per heavy atom. The van der Waals surface area contributed by atoms with Gasteiger partial charge in [0.1, 0.15) is 0 Å². The van der Waals surface area contributed by atoms with Gasteiger partial charge in [-0.2, -0.15) is 0 Å². The van der Waals surface area contributed by atoms with Crippen LogP contribution in [0.5, 0.6) is 0 Å². The summed E-state index contributed by atoms with van der Waals surface area (Å²) in [5.74, 6) is 0. The monoisotopic (exact) mass is 225 g/mol. The molecule has 1 aliphatic heterocycles. The number of rotatable bonds is 1. The predicted octanol–water partition coefficient (Wildman–Crippen LogP) is 2.74. The summed E-state index contributed by atoms with van der Waals surface area (Å²) >= 11 is 0. The van der Waals surface area contributed by atoms with Crippen molar-refractivity contribution >= 4 is 11.4 Å². The van der Waals surface area contributed by atoms with E-state index in [1.165, 1.54) is 11.3 Å². The maximum Gasteiger partial charge on any atom is 0.0760 e. The molecule has 0 aliphatic carbocycles. The zero-order valence-electron chi connectivity index (χ0n) is 9.58. The van der Waals surface area contributed by atoms with E-state index < -0.39 is 0 Å². The number of nitrogens with zero attached hydrogens (tertiary/aromatic N) is 1. The molecule has 1 heterocycles. The van der Waals surface area contributed by atoms with Gasteiger partial charge in [0.25, 0.3) is 0 Å². The molecule has 0 aromatic heterocycles. The van der Waals surface area contributed by atoms with E-state index in [-0.39, 0.29) is 6.10 Å². The average Bonchev–Trinajstić information content (AvgIpc) is 2.39. The lowest BCUT2D eigenvalue weighted by Gasteiger charge is -2.34. The second-order valence-corrected chi connectivity index (χ2v) is 4.43. The molecule has 0 amide bonds. The van der Waals surface area contributed by atoms with Crippen LogP contribution in [0.1, 0.15) is 5.56 Å². The molecule has 0 fully saturated rings. The van der Waals surface area contributed by atoms with Crippen LogP contribution in [-0.4, -0.2) is 17.8 Å². The van der Waals surface area contributed by atoms with Gasteiger partial charge in [-0.05, 0) is 23.8 Å². The number of benzene rings is 2. The minimum Gasteiger partial charge on any atom is -0.391 e. The maximum absolute atomic E-state index is 9.95. The molecule has 0 spiro atoms. The molecular formula is C15H15NO. The lowest BCUT2D eigenvalue weighted by Crippen LogP contribution is -2.35. The second-order valence-electron chi connectivity index (χ2n) is 4.43. The molecule has 0 radical (unpaired) electrons. The van der Waals surface area contributed by atoms with Crippen molar-refractivity contribution in [3.05, 3.63) is 60.2 Å². The molecule has 0 unspecified atom stereocenters. The Kier molecular flexibility index (Phi) is 2.57. The van der Waals surface area contributed by atoms with Crippen LogP contribution in [0.25, 0.3) is 0 Å². The molecule has 1 N–H and O–H groups in total. The number of aliphatic hydroxyl groups is 1. The summed E-state index contributed by atoms with van der Waals surface area (Å²) in [4.78, 5) is 2.18. The van der Waals surface area contributed by atoms with Crippen LogP contribution in [0.3, 0.4) is 0 Å². The van der Waals surface area contributed by atoms with Crippen LogP contribution in [0.15, 0.2) is 54.6 Å². The van der Waals surface area contributed by atoms with Crippen LogP contribution in [0.2, 0.25) is 0 Å². The predicted molar refractivity (Wildman–Crippen MR) is 69.6 cm³/mol. The van der Waals surface area contributed by atoms with Gasteiger partial charge in [0.2, 0.25) is 0 Å². The van der Waals surface area contributed by atoms with Gasteiger partial charge in [0, 0.05) is 24.3 Å². The van der Waals surface area contributed by atoms with Gasteiger partial charge in [0.05, 0.1) is 6.10 Å². The molecule has 0 bridgehead atoms. The van der Waals surface area contributed by atoms with E-state index in [1.54, 1.807) is 0 Å². The first kappa shape index (κ1) is 10.4. The maximum atomic E-state index is 9.95. The molecule has 2 heteroatoms. The van der Waals surface area contributed by atoms with Gasteiger partial charge < -0.3 is 10.0 Å². The molecule has 2 aromatic rings. The second kappa shape index (κ2) is 4.22. The van der Waals surface area contributed by atoms with Gasteiger partial charge >= 0.3 is 0 Å². The SMILES string of the molecule is O[C@@H]1Cc2ccccc2N(c2ccccc2)C1. The Balaban J connectivity index is 2.07. The largest absolute Gasteiger partial charge is 0.391 e. The molecule has 1 aliphatic rings. The van der Waals surface area contributed by atoms with Crippen LogP contribution in [0, 0.1) is 0 Å². The highest BCUT2D eigenvalue weighted by atomic mass is 16.3. The van der Waals surface area contributed by atoms with Crippen molar-refractivity contribution in [2.24, 2.45) is 0 Å². The number of anilines is 2. The highest BCUT2D eigenvalue weighted by Crippen LogP contribution is 2.32. The Morgan fingerprint density at radius 3 is 2.47 bits per heavy atom. The number of β-amino-alcohol motifs (C(OH)–C–C–N with tert-alkyl or cyclic N) is 1. The molecule has 0 saturated heterocycles. The molecule has 86 valence electrons. The van der Waals surface area contributed by atoms with Crippen molar-refractivity contribution in [1.82, 2.24) is 0 Å². The smallest absolute Gasteiger partial charge is 0.0760 e. The van der Waals surface area contributed by atoms with Crippen molar-refractivity contribution in [1.29, 1.82) is 0 Å². The lowest BCUT2D eigenvalue weighted by molar-refractivity contribution is 0.178. The number of aliphatic hydroxyl groups excluding tert-OH is 1. The molecule has 2 nitrogen and oxygen atoms in total. The van der Waals surface area contributed by atoms with E-state index in [2.05, 4.69) is 29.2 Å². The Bertz CT molecular complexity index is 509. The first-order valence-electron chi connectivity index (χ1n) is 5.93. The molecule has 2 aromatic carbocycles. The van der Waals surface area contributed by atoms with E-state index in [1.807, 2.05) is 30.3 Å². The van der Waals surface area contributed by atoms with Gasteiger partial charge in [-0.3, -0.25) is 0 Å². The molecular weight excluding hydrogens is 210 g/mol. The van der Waals surface area contributed by atoms with E-state index in [0.717, 1.165) is 12.1 Å². The van der Waals surface area contributed by atoms with Crippen molar-refractivity contribution < 1.29 is 5.11 Å². The standard InChI is InChI=1S/C15H15NO/c17-14-10-12-6-4-5-9-15(12)16(11-14)13-7-2-1-3-8-13/h1-9,14,17H,10-11H2/t14-/m1/s1. The number of para-hydroxylation sites is 2. The quantitative estimate of drug-likeness (QED) is 0.806. The average molecular weight is 225 g/mol. The summed E-state index contributed by atoms with van der Waals surface area (Å²) in [5, 5.41) is 9.95. The number of fused-ring (bicyclic) bond motifs is 1. The molecule has 3 rings (SSSR count). The first-order chi connectivity index (χ1) is 8.34. The fourth-order valence-corrected chi connectivity index (χ4v) is 2.43. The lowest BCUT2D eigenvalue weighted by atomic mass is 9.99. The van der Waals surface area contributed by atoms with Gasteiger partial charge in [-0.25, -0.2) is 0 Å². The molecule has 17 heavy (non-hydrogen) atoms. The van der Waals surface area contributed by atoms with Gasteiger partial charge in [-0.15, -0.1) is 0 Å². The van der Waals surface area contributed by atoms with E-state index >= 15 is 0 Å². The number of hydrogen-bond acceptors (Lipinski definition) is 2.